The van der Waals surface area contributed by atoms with Gasteiger partial charge in [0, 0.05) is 6.07 Å². The molecule has 0 aliphatic heterocycles. The highest BCUT2D eigenvalue weighted by Crippen LogP contribution is 2.42. The van der Waals surface area contributed by atoms with Gasteiger partial charge in [0.1, 0.15) is 5.75 Å². The maximum atomic E-state index is 11.8. The number of para-hydroxylation sites is 1. The van der Waals surface area contributed by atoms with Crippen molar-refractivity contribution >= 4 is 45.1 Å². The van der Waals surface area contributed by atoms with E-state index in [1.54, 1.807) is 18.2 Å². The van der Waals surface area contributed by atoms with Crippen molar-refractivity contribution in [2.75, 3.05) is 0 Å². The first-order valence-corrected chi connectivity index (χ1v) is 7.50. The Labute approximate surface area is 141 Å². The van der Waals surface area contributed by atoms with Crippen molar-refractivity contribution < 1.29 is 23.6 Å². The lowest BCUT2D eigenvalue weighted by Crippen LogP contribution is -2.14. The number of benzene rings is 2. The molecule has 0 radical (unpaired) electrons. The van der Waals surface area contributed by atoms with Crippen LogP contribution < -0.4 is 14.4 Å². The standard InChI is InChI=1S/C14H6ClNO7S/c15-8-6-9-12(24-14(18)22-9)10(16(19)20)11(8)23-13(17)21-7-4-2-1-3-5-7/h1-6H. The summed E-state index contributed by atoms with van der Waals surface area (Å²) in [5.41, 5.74) is -0.705. The number of nitro groups is 1. The minimum absolute atomic E-state index is 0.0644. The van der Waals surface area contributed by atoms with E-state index in [1.807, 2.05) is 0 Å². The van der Waals surface area contributed by atoms with Gasteiger partial charge < -0.3 is 13.9 Å². The Morgan fingerprint density at radius 1 is 1.25 bits per heavy atom. The third kappa shape index (κ3) is 3.07. The van der Waals surface area contributed by atoms with Crippen LogP contribution in [-0.4, -0.2) is 11.1 Å². The predicted molar refractivity (Wildman–Crippen MR) is 85.1 cm³/mol. The van der Waals surface area contributed by atoms with Crippen molar-refractivity contribution in [1.29, 1.82) is 0 Å². The maximum absolute atomic E-state index is 11.8. The fourth-order valence-corrected chi connectivity index (χ4v) is 2.89. The largest absolute Gasteiger partial charge is 0.519 e. The van der Waals surface area contributed by atoms with Gasteiger partial charge in [0.2, 0.25) is 5.75 Å². The second-order valence-electron chi connectivity index (χ2n) is 4.34. The molecule has 1 aromatic heterocycles. The van der Waals surface area contributed by atoms with Crippen molar-refractivity contribution in [3.8, 4) is 11.5 Å². The van der Waals surface area contributed by atoms with E-state index in [0.29, 0.717) is 11.3 Å². The Morgan fingerprint density at radius 3 is 2.62 bits per heavy atom. The summed E-state index contributed by atoms with van der Waals surface area (Å²) in [5.74, 6) is -0.331. The first-order valence-electron chi connectivity index (χ1n) is 6.31. The number of hydrogen-bond donors (Lipinski definition) is 0. The predicted octanol–water partition coefficient (Wildman–Crippen LogP) is 3.99. The summed E-state index contributed by atoms with van der Waals surface area (Å²) >= 11 is 6.42. The summed E-state index contributed by atoms with van der Waals surface area (Å²) in [6.45, 7) is 0. The zero-order valence-electron chi connectivity index (χ0n) is 11.6. The molecule has 3 rings (SSSR count). The minimum atomic E-state index is -1.21. The third-order valence-corrected chi connectivity index (χ3v) is 3.95. The minimum Gasteiger partial charge on any atom is -0.414 e. The molecule has 2 aromatic carbocycles. The lowest BCUT2D eigenvalue weighted by Gasteiger charge is -2.07. The first kappa shape index (κ1) is 16.0. The second kappa shape index (κ2) is 6.30. The number of fused-ring (bicyclic) bond motifs is 1. The maximum Gasteiger partial charge on any atom is 0.519 e. The van der Waals surface area contributed by atoms with Crippen molar-refractivity contribution in [3.63, 3.8) is 0 Å². The van der Waals surface area contributed by atoms with Crippen LogP contribution >= 0.6 is 22.9 Å². The Bertz CT molecular complexity index is 996. The van der Waals surface area contributed by atoms with Gasteiger partial charge in [-0.2, -0.15) is 0 Å². The van der Waals surface area contributed by atoms with Gasteiger partial charge >= 0.3 is 16.8 Å². The molecule has 0 bridgehead atoms. The van der Waals surface area contributed by atoms with Crippen LogP contribution in [0.25, 0.3) is 10.3 Å². The number of nitrogens with zero attached hydrogens (tertiary/aromatic N) is 1. The van der Waals surface area contributed by atoms with Gasteiger partial charge in [-0.25, -0.2) is 9.59 Å². The van der Waals surface area contributed by atoms with Crippen LogP contribution in [0, 0.1) is 10.1 Å². The van der Waals surface area contributed by atoms with Gasteiger partial charge in [-0.1, -0.05) is 29.8 Å². The molecule has 0 saturated heterocycles. The van der Waals surface area contributed by atoms with Crippen LogP contribution in [0.3, 0.4) is 0 Å². The molecule has 0 atom stereocenters. The van der Waals surface area contributed by atoms with Crippen molar-refractivity contribution in [2.24, 2.45) is 0 Å². The number of ether oxygens (including phenoxy) is 2. The molecule has 122 valence electrons. The molecule has 0 N–H and O–H groups in total. The fourth-order valence-electron chi connectivity index (χ4n) is 1.90. The van der Waals surface area contributed by atoms with Crippen LogP contribution in [0.5, 0.6) is 11.5 Å². The number of hydrogen-bond acceptors (Lipinski definition) is 8. The number of halogens is 1. The normalized spacial score (nSPS) is 10.5. The van der Waals surface area contributed by atoms with Crippen LogP contribution in [0.2, 0.25) is 5.02 Å². The molecule has 0 spiro atoms. The van der Waals surface area contributed by atoms with Gasteiger partial charge in [0.25, 0.3) is 0 Å². The summed E-state index contributed by atoms with van der Waals surface area (Å²) in [6, 6.07) is 9.15. The van der Waals surface area contributed by atoms with Gasteiger partial charge in [-0.05, 0) is 23.5 Å². The van der Waals surface area contributed by atoms with Gasteiger partial charge in [-0.3, -0.25) is 10.1 Å². The zero-order chi connectivity index (χ0) is 17.3. The van der Waals surface area contributed by atoms with Crippen LogP contribution in [-0.2, 0) is 0 Å². The monoisotopic (exact) mass is 367 g/mol. The van der Waals surface area contributed by atoms with Crippen LogP contribution in [0.4, 0.5) is 10.5 Å². The average molecular weight is 368 g/mol. The van der Waals surface area contributed by atoms with Crippen molar-refractivity contribution in [1.82, 2.24) is 0 Å². The molecule has 24 heavy (non-hydrogen) atoms. The van der Waals surface area contributed by atoms with E-state index in [9.17, 15) is 19.7 Å². The summed E-state index contributed by atoms with van der Waals surface area (Å²) in [4.78, 5) is 32.9. The molecule has 3 aromatic rings. The molecule has 0 aliphatic carbocycles. The number of carbonyl (C=O) groups is 1. The molecule has 0 amide bonds. The van der Waals surface area contributed by atoms with Gasteiger partial charge in [-0.15, -0.1) is 0 Å². The lowest BCUT2D eigenvalue weighted by molar-refractivity contribution is -0.383. The Kier molecular flexibility index (Phi) is 4.19. The fraction of sp³-hybridized carbons (Fsp3) is 0. The van der Waals surface area contributed by atoms with Gasteiger partial charge in [0.15, 0.2) is 10.3 Å². The second-order valence-corrected chi connectivity index (χ2v) is 5.69. The zero-order valence-corrected chi connectivity index (χ0v) is 13.1. The van der Waals surface area contributed by atoms with E-state index in [2.05, 4.69) is 0 Å². The molecular formula is C14H6ClNO7S. The Morgan fingerprint density at radius 2 is 1.96 bits per heavy atom. The average Bonchev–Trinajstić information content (AvgIpc) is 2.87. The van der Waals surface area contributed by atoms with E-state index in [4.69, 9.17) is 25.5 Å². The van der Waals surface area contributed by atoms with E-state index in [-0.39, 0.29) is 21.1 Å². The van der Waals surface area contributed by atoms with E-state index in [0.717, 1.165) is 6.07 Å². The topological polar surface area (TPSA) is 109 Å². The molecule has 0 saturated carbocycles. The molecule has 8 nitrogen and oxygen atoms in total. The lowest BCUT2D eigenvalue weighted by atomic mass is 10.3. The molecule has 0 unspecified atom stereocenters. The summed E-state index contributed by atoms with van der Waals surface area (Å²) in [5, 5.41) is 11.1. The number of nitro benzene ring substituents is 1. The summed E-state index contributed by atoms with van der Waals surface area (Å²) in [7, 11) is 0. The molecule has 10 heteroatoms. The van der Waals surface area contributed by atoms with E-state index in [1.165, 1.54) is 12.1 Å². The van der Waals surface area contributed by atoms with E-state index < -0.39 is 27.5 Å². The summed E-state index contributed by atoms with van der Waals surface area (Å²) < 4.78 is 14.5. The van der Waals surface area contributed by atoms with Crippen LogP contribution in [0.1, 0.15) is 0 Å². The molecule has 0 aliphatic rings. The van der Waals surface area contributed by atoms with Gasteiger partial charge in [0.05, 0.1) is 9.95 Å². The Balaban J connectivity index is 2.00. The third-order valence-electron chi connectivity index (χ3n) is 2.82. The Hall–Kier alpha value is -2.91. The highest BCUT2D eigenvalue weighted by molar-refractivity contribution is 7.16. The summed E-state index contributed by atoms with van der Waals surface area (Å²) in [6.07, 6.45) is -1.21. The molecule has 1 heterocycles. The SMILES string of the molecule is O=C(Oc1ccccc1)Oc1c(Cl)cc2oc(=O)sc2c1[N+](=O)[O-]. The quantitative estimate of drug-likeness (QED) is 0.298. The van der Waals surface area contributed by atoms with E-state index >= 15 is 0 Å². The molecular weight excluding hydrogens is 362 g/mol. The van der Waals surface area contributed by atoms with Crippen LogP contribution in [0.15, 0.2) is 45.6 Å². The molecule has 0 fully saturated rings. The highest BCUT2D eigenvalue weighted by atomic mass is 35.5. The van der Waals surface area contributed by atoms with Crippen molar-refractivity contribution in [2.45, 2.75) is 0 Å². The smallest absolute Gasteiger partial charge is 0.414 e. The first-order chi connectivity index (χ1) is 11.5. The highest BCUT2D eigenvalue weighted by Gasteiger charge is 2.29. The number of carbonyl (C=O) groups excluding carboxylic acids is 1. The van der Waals surface area contributed by atoms with Crippen molar-refractivity contribution in [3.05, 3.63) is 61.3 Å². The number of rotatable bonds is 3.